The van der Waals surface area contributed by atoms with E-state index in [1.807, 2.05) is 0 Å². The van der Waals surface area contributed by atoms with Crippen molar-refractivity contribution in [2.75, 3.05) is 0 Å². The molecular weight excluding hydrogens is 170 g/mol. The van der Waals surface area contributed by atoms with Crippen molar-refractivity contribution in [3.63, 3.8) is 0 Å². The van der Waals surface area contributed by atoms with E-state index in [4.69, 9.17) is 8.94 Å². The van der Waals surface area contributed by atoms with Gasteiger partial charge in [-0.3, -0.25) is 0 Å². The fraction of sp³-hybridized carbons (Fsp3) is 0.125. The van der Waals surface area contributed by atoms with Gasteiger partial charge in [0.1, 0.15) is 12.0 Å². The number of oxazole rings is 1. The molecule has 0 radical (unpaired) electrons. The van der Waals surface area contributed by atoms with E-state index in [1.54, 1.807) is 6.92 Å². The van der Waals surface area contributed by atoms with E-state index in [-0.39, 0.29) is 0 Å². The van der Waals surface area contributed by atoms with Gasteiger partial charge in [-0.1, -0.05) is 11.7 Å². The van der Waals surface area contributed by atoms with E-state index >= 15 is 0 Å². The lowest BCUT2D eigenvalue weighted by atomic mass is 10.4. The van der Waals surface area contributed by atoms with Crippen LogP contribution in [0.2, 0.25) is 0 Å². The SMILES string of the molecule is C=Cc1nc(-c2coc(C)n2)no1. The second-order valence-electron chi connectivity index (χ2n) is 2.41. The Morgan fingerprint density at radius 1 is 1.46 bits per heavy atom. The molecule has 0 fully saturated rings. The van der Waals surface area contributed by atoms with E-state index < -0.39 is 0 Å². The van der Waals surface area contributed by atoms with Crippen LogP contribution in [0, 0.1) is 6.92 Å². The van der Waals surface area contributed by atoms with E-state index in [9.17, 15) is 0 Å². The second-order valence-corrected chi connectivity index (χ2v) is 2.41. The molecule has 2 rings (SSSR count). The Bertz CT molecular complexity index is 430. The predicted molar refractivity (Wildman–Crippen MR) is 44.6 cm³/mol. The summed E-state index contributed by atoms with van der Waals surface area (Å²) in [7, 11) is 0. The molecule has 0 saturated carbocycles. The van der Waals surface area contributed by atoms with Crippen LogP contribution in [0.4, 0.5) is 0 Å². The van der Waals surface area contributed by atoms with Crippen LogP contribution in [0.1, 0.15) is 11.8 Å². The second kappa shape index (κ2) is 2.85. The van der Waals surface area contributed by atoms with Crippen molar-refractivity contribution in [3.8, 4) is 11.5 Å². The quantitative estimate of drug-likeness (QED) is 0.698. The molecule has 13 heavy (non-hydrogen) atoms. The van der Waals surface area contributed by atoms with Gasteiger partial charge in [-0.25, -0.2) is 4.98 Å². The largest absolute Gasteiger partial charge is 0.449 e. The zero-order valence-corrected chi connectivity index (χ0v) is 7.02. The average molecular weight is 177 g/mol. The summed E-state index contributed by atoms with van der Waals surface area (Å²) >= 11 is 0. The van der Waals surface area contributed by atoms with Crippen LogP contribution in [-0.4, -0.2) is 15.1 Å². The molecule has 2 aromatic rings. The first-order valence-electron chi connectivity index (χ1n) is 3.68. The van der Waals surface area contributed by atoms with E-state index in [0.717, 1.165) is 0 Å². The summed E-state index contributed by atoms with van der Waals surface area (Å²) in [6, 6.07) is 0. The van der Waals surface area contributed by atoms with Crippen molar-refractivity contribution in [2.24, 2.45) is 0 Å². The first kappa shape index (κ1) is 7.72. The molecule has 0 N–H and O–H groups in total. The van der Waals surface area contributed by atoms with Crippen molar-refractivity contribution < 1.29 is 8.94 Å². The van der Waals surface area contributed by atoms with Gasteiger partial charge < -0.3 is 8.94 Å². The highest BCUT2D eigenvalue weighted by atomic mass is 16.5. The molecule has 2 aromatic heterocycles. The van der Waals surface area contributed by atoms with Crippen molar-refractivity contribution in [3.05, 3.63) is 24.6 Å². The molecule has 66 valence electrons. The zero-order chi connectivity index (χ0) is 9.26. The summed E-state index contributed by atoms with van der Waals surface area (Å²) in [5, 5.41) is 3.69. The Hall–Kier alpha value is -1.91. The highest BCUT2D eigenvalue weighted by Crippen LogP contribution is 2.14. The van der Waals surface area contributed by atoms with Gasteiger partial charge in [0.15, 0.2) is 5.89 Å². The van der Waals surface area contributed by atoms with Crippen LogP contribution in [0.3, 0.4) is 0 Å². The highest BCUT2D eigenvalue weighted by molar-refractivity contribution is 5.48. The molecule has 5 nitrogen and oxygen atoms in total. The van der Waals surface area contributed by atoms with Gasteiger partial charge in [0.05, 0.1) is 0 Å². The number of rotatable bonds is 2. The Balaban J connectivity index is 2.40. The van der Waals surface area contributed by atoms with Crippen molar-refractivity contribution >= 4 is 6.08 Å². The summed E-state index contributed by atoms with van der Waals surface area (Å²) < 4.78 is 9.82. The lowest BCUT2D eigenvalue weighted by Gasteiger charge is -1.78. The Morgan fingerprint density at radius 2 is 2.31 bits per heavy atom. The van der Waals surface area contributed by atoms with Crippen LogP contribution in [0.15, 0.2) is 21.8 Å². The van der Waals surface area contributed by atoms with Crippen molar-refractivity contribution in [2.45, 2.75) is 6.92 Å². The minimum atomic E-state index is 0.371. The molecule has 0 unspecified atom stereocenters. The average Bonchev–Trinajstić information content (AvgIpc) is 2.71. The van der Waals surface area contributed by atoms with Gasteiger partial charge in [-0.15, -0.1) is 0 Å². The lowest BCUT2D eigenvalue weighted by molar-refractivity contribution is 0.411. The fourth-order valence-corrected chi connectivity index (χ4v) is 0.888. The van der Waals surface area contributed by atoms with Gasteiger partial charge in [0.25, 0.3) is 0 Å². The molecule has 0 saturated heterocycles. The molecule has 0 aliphatic carbocycles. The smallest absolute Gasteiger partial charge is 0.250 e. The third kappa shape index (κ3) is 1.35. The molecule has 0 aliphatic rings. The van der Waals surface area contributed by atoms with Crippen LogP contribution < -0.4 is 0 Å². The van der Waals surface area contributed by atoms with Gasteiger partial charge in [0.2, 0.25) is 11.7 Å². The summed E-state index contributed by atoms with van der Waals surface area (Å²) in [6.45, 7) is 5.25. The van der Waals surface area contributed by atoms with Gasteiger partial charge in [-0.05, 0) is 6.08 Å². The predicted octanol–water partition coefficient (Wildman–Crippen LogP) is 1.68. The number of hydrogen-bond donors (Lipinski definition) is 0. The van der Waals surface area contributed by atoms with E-state index in [0.29, 0.717) is 23.3 Å². The maximum absolute atomic E-state index is 5.00. The molecule has 0 atom stereocenters. The van der Waals surface area contributed by atoms with Crippen LogP contribution in [0.5, 0.6) is 0 Å². The topological polar surface area (TPSA) is 65.0 Å². The molecule has 0 aliphatic heterocycles. The summed E-state index contributed by atoms with van der Waals surface area (Å²) in [5.41, 5.74) is 0.564. The van der Waals surface area contributed by atoms with E-state index in [1.165, 1.54) is 12.3 Å². The maximum atomic E-state index is 5.00. The Labute approximate surface area is 74.1 Å². The lowest BCUT2D eigenvalue weighted by Crippen LogP contribution is -1.80. The first-order valence-corrected chi connectivity index (χ1v) is 3.68. The van der Waals surface area contributed by atoms with Crippen LogP contribution in [0.25, 0.3) is 17.6 Å². The number of hydrogen-bond acceptors (Lipinski definition) is 5. The normalized spacial score (nSPS) is 10.2. The molecule has 5 heteroatoms. The Kier molecular flexibility index (Phi) is 1.70. The Morgan fingerprint density at radius 3 is 2.85 bits per heavy atom. The highest BCUT2D eigenvalue weighted by Gasteiger charge is 2.09. The summed E-state index contributed by atoms with van der Waals surface area (Å²) in [4.78, 5) is 8.04. The van der Waals surface area contributed by atoms with Crippen LogP contribution in [-0.2, 0) is 0 Å². The molecule has 0 bridgehead atoms. The zero-order valence-electron chi connectivity index (χ0n) is 7.02. The molecular formula is C8H7N3O2. The molecule has 2 heterocycles. The van der Waals surface area contributed by atoms with Crippen molar-refractivity contribution in [1.82, 2.24) is 15.1 Å². The summed E-state index contributed by atoms with van der Waals surface area (Å²) in [6.07, 6.45) is 2.95. The third-order valence-corrected chi connectivity index (χ3v) is 1.46. The van der Waals surface area contributed by atoms with E-state index in [2.05, 4.69) is 21.7 Å². The van der Waals surface area contributed by atoms with Gasteiger partial charge >= 0.3 is 0 Å². The van der Waals surface area contributed by atoms with Crippen LogP contribution >= 0.6 is 0 Å². The molecule has 0 amide bonds. The van der Waals surface area contributed by atoms with Gasteiger partial charge in [-0.2, -0.15) is 4.98 Å². The molecule has 0 spiro atoms. The van der Waals surface area contributed by atoms with Gasteiger partial charge in [0, 0.05) is 6.92 Å². The standard InChI is InChI=1S/C8H7N3O2/c1-3-7-10-8(11-13-7)6-4-12-5(2)9-6/h3-4H,1H2,2H3. The van der Waals surface area contributed by atoms with Crippen molar-refractivity contribution in [1.29, 1.82) is 0 Å². The maximum Gasteiger partial charge on any atom is 0.250 e. The fourth-order valence-electron chi connectivity index (χ4n) is 0.888. The minimum Gasteiger partial charge on any atom is -0.449 e. The monoisotopic (exact) mass is 177 g/mol. The number of aromatic nitrogens is 3. The minimum absolute atomic E-state index is 0.371. The summed E-state index contributed by atoms with van der Waals surface area (Å²) in [5.74, 6) is 1.35. The first-order chi connectivity index (χ1) is 6.29. The number of nitrogens with zero attached hydrogens (tertiary/aromatic N) is 3. The number of aryl methyl sites for hydroxylation is 1. The molecule has 0 aromatic carbocycles. The third-order valence-electron chi connectivity index (χ3n) is 1.46.